The average molecular weight is 422 g/mol. The van der Waals surface area contributed by atoms with Crippen molar-refractivity contribution in [1.82, 2.24) is 9.38 Å². The minimum atomic E-state index is -0.311. The Labute approximate surface area is 152 Å². The van der Waals surface area contributed by atoms with Crippen LogP contribution in [0.15, 0.2) is 51.8 Å². The average Bonchev–Trinajstić information content (AvgIpc) is 3.26. The molecule has 1 amide bonds. The van der Waals surface area contributed by atoms with Crippen molar-refractivity contribution in [3.63, 3.8) is 0 Å². The lowest BCUT2D eigenvalue weighted by atomic mass is 10.1. The third-order valence-corrected chi connectivity index (χ3v) is 5.79. The van der Waals surface area contributed by atoms with Crippen molar-refractivity contribution in [2.75, 3.05) is 5.32 Å². The Bertz CT molecular complexity index is 1040. The Hall–Kier alpha value is -2.03. The van der Waals surface area contributed by atoms with Crippen LogP contribution in [0, 0.1) is 5.82 Å². The number of carbonyl (C=O) groups excluding carboxylic acids is 1. The van der Waals surface area contributed by atoms with Gasteiger partial charge >= 0.3 is 0 Å². The number of nitrogens with one attached hydrogen (secondary N) is 1. The lowest BCUT2D eigenvalue weighted by Crippen LogP contribution is -2.12. The minimum Gasteiger partial charge on any atom is -0.305 e. The summed E-state index contributed by atoms with van der Waals surface area (Å²) < 4.78 is 15.9. The van der Waals surface area contributed by atoms with Gasteiger partial charge in [-0.05, 0) is 52.3 Å². The predicted octanol–water partition coefficient (Wildman–Crippen LogP) is 5.28. The second-order valence-electron chi connectivity index (χ2n) is 4.93. The maximum atomic E-state index is 13.2. The number of rotatable bonds is 3. The molecule has 4 rings (SSSR count). The Kier molecular flexibility index (Phi) is 3.95. The van der Waals surface area contributed by atoms with Gasteiger partial charge in [-0.2, -0.15) is 0 Å². The molecule has 0 unspecified atom stereocenters. The van der Waals surface area contributed by atoms with E-state index in [-0.39, 0.29) is 11.7 Å². The summed E-state index contributed by atoms with van der Waals surface area (Å²) in [5.74, 6) is 0.0586. The molecule has 0 fully saturated rings. The van der Waals surface area contributed by atoms with Crippen molar-refractivity contribution in [2.24, 2.45) is 0 Å². The predicted molar refractivity (Wildman–Crippen MR) is 98.4 cm³/mol. The van der Waals surface area contributed by atoms with Crippen LogP contribution >= 0.6 is 38.6 Å². The van der Waals surface area contributed by atoms with Crippen molar-refractivity contribution < 1.29 is 9.18 Å². The largest absolute Gasteiger partial charge is 0.305 e. The van der Waals surface area contributed by atoms with Crippen molar-refractivity contribution in [3.8, 4) is 11.3 Å². The number of anilines is 1. The number of halogens is 2. The lowest BCUT2D eigenvalue weighted by Gasteiger charge is -2.06. The van der Waals surface area contributed by atoms with Crippen LogP contribution in [0.5, 0.6) is 0 Å². The number of carbonyl (C=O) groups is 1. The van der Waals surface area contributed by atoms with Crippen molar-refractivity contribution >= 4 is 55.3 Å². The first-order chi connectivity index (χ1) is 11.6. The molecule has 0 radical (unpaired) electrons. The van der Waals surface area contributed by atoms with Gasteiger partial charge in [0.15, 0.2) is 4.96 Å². The van der Waals surface area contributed by atoms with Gasteiger partial charge in [-0.1, -0.05) is 0 Å². The number of benzene rings is 1. The second kappa shape index (κ2) is 6.12. The van der Waals surface area contributed by atoms with Crippen LogP contribution in [0.25, 0.3) is 16.2 Å². The van der Waals surface area contributed by atoms with Crippen LogP contribution in [-0.4, -0.2) is 15.3 Å². The zero-order valence-corrected chi connectivity index (χ0v) is 15.2. The van der Waals surface area contributed by atoms with Crippen LogP contribution in [0.2, 0.25) is 0 Å². The van der Waals surface area contributed by atoms with Crippen LogP contribution in [0.3, 0.4) is 0 Å². The van der Waals surface area contributed by atoms with E-state index in [1.807, 2.05) is 22.0 Å². The SMILES string of the molecule is O=C(Nc1c(-c2ccc(F)cc2)nc2sccn12)c1ccc(Br)s1. The molecule has 4 aromatic rings. The molecule has 3 heterocycles. The maximum Gasteiger partial charge on any atom is 0.266 e. The molecular weight excluding hydrogens is 413 g/mol. The fraction of sp³-hybridized carbons (Fsp3) is 0. The van der Waals surface area contributed by atoms with Gasteiger partial charge in [0.2, 0.25) is 0 Å². The molecule has 0 spiro atoms. The summed E-state index contributed by atoms with van der Waals surface area (Å²) in [4.78, 5) is 18.4. The van der Waals surface area contributed by atoms with Crippen molar-refractivity contribution in [1.29, 1.82) is 0 Å². The Morgan fingerprint density at radius 1 is 1.21 bits per heavy atom. The molecule has 24 heavy (non-hydrogen) atoms. The first kappa shape index (κ1) is 15.5. The molecule has 0 atom stereocenters. The summed E-state index contributed by atoms with van der Waals surface area (Å²) in [6, 6.07) is 9.65. The first-order valence-corrected chi connectivity index (χ1v) is 9.39. The van der Waals surface area contributed by atoms with Crippen LogP contribution in [0.1, 0.15) is 9.67 Å². The van der Waals surface area contributed by atoms with Gasteiger partial charge in [-0.15, -0.1) is 22.7 Å². The molecule has 3 aromatic heterocycles. The quantitative estimate of drug-likeness (QED) is 0.489. The van der Waals surface area contributed by atoms with E-state index in [1.165, 1.54) is 34.8 Å². The molecule has 0 saturated carbocycles. The Morgan fingerprint density at radius 2 is 2.00 bits per heavy atom. The van der Waals surface area contributed by atoms with E-state index in [1.54, 1.807) is 18.2 Å². The third kappa shape index (κ3) is 2.77. The van der Waals surface area contributed by atoms with Gasteiger partial charge in [0.05, 0.1) is 8.66 Å². The topological polar surface area (TPSA) is 46.4 Å². The summed E-state index contributed by atoms with van der Waals surface area (Å²) in [5.41, 5.74) is 1.36. The highest BCUT2D eigenvalue weighted by Gasteiger charge is 2.18. The molecule has 8 heteroatoms. The van der Waals surface area contributed by atoms with E-state index in [0.717, 1.165) is 14.3 Å². The fourth-order valence-electron chi connectivity index (χ4n) is 2.32. The molecule has 4 nitrogen and oxygen atoms in total. The highest BCUT2D eigenvalue weighted by Crippen LogP contribution is 2.32. The third-order valence-electron chi connectivity index (χ3n) is 3.41. The van der Waals surface area contributed by atoms with Gasteiger partial charge in [0, 0.05) is 17.1 Å². The second-order valence-corrected chi connectivity index (χ2v) is 8.27. The van der Waals surface area contributed by atoms with E-state index in [4.69, 9.17) is 0 Å². The molecule has 0 aliphatic rings. The standard InChI is InChI=1S/C16H9BrFN3OS2/c17-12-6-5-11(24-12)15(22)20-14-13(9-1-3-10(18)4-2-9)19-16-21(14)7-8-23-16/h1-8H,(H,20,22). The highest BCUT2D eigenvalue weighted by atomic mass is 79.9. The summed E-state index contributed by atoms with van der Waals surface area (Å²) in [6.07, 6.45) is 1.85. The highest BCUT2D eigenvalue weighted by molar-refractivity contribution is 9.11. The first-order valence-electron chi connectivity index (χ1n) is 6.90. The number of aromatic nitrogens is 2. The van der Waals surface area contributed by atoms with E-state index in [2.05, 4.69) is 26.2 Å². The normalized spacial score (nSPS) is 11.1. The van der Waals surface area contributed by atoms with Gasteiger partial charge in [-0.25, -0.2) is 9.37 Å². The monoisotopic (exact) mass is 421 g/mol. The van der Waals surface area contributed by atoms with Gasteiger partial charge in [0.1, 0.15) is 17.3 Å². The minimum absolute atomic E-state index is 0.206. The summed E-state index contributed by atoms with van der Waals surface area (Å²) >= 11 is 6.18. The van der Waals surface area contributed by atoms with E-state index >= 15 is 0 Å². The van der Waals surface area contributed by atoms with E-state index in [0.29, 0.717) is 16.4 Å². The number of nitrogens with zero attached hydrogens (tertiary/aromatic N) is 2. The Morgan fingerprint density at radius 3 is 2.71 bits per heavy atom. The zero-order chi connectivity index (χ0) is 16.7. The number of fused-ring (bicyclic) bond motifs is 1. The number of hydrogen-bond acceptors (Lipinski definition) is 4. The molecule has 1 N–H and O–H groups in total. The maximum absolute atomic E-state index is 13.2. The molecular formula is C16H9BrFN3OS2. The van der Waals surface area contributed by atoms with Crippen LogP contribution in [-0.2, 0) is 0 Å². The summed E-state index contributed by atoms with van der Waals surface area (Å²) in [7, 11) is 0. The van der Waals surface area contributed by atoms with Gasteiger partial charge in [0.25, 0.3) is 5.91 Å². The van der Waals surface area contributed by atoms with Gasteiger partial charge in [-0.3, -0.25) is 9.20 Å². The number of hydrogen-bond donors (Lipinski definition) is 1. The number of amides is 1. The van der Waals surface area contributed by atoms with Crippen LogP contribution in [0.4, 0.5) is 10.2 Å². The lowest BCUT2D eigenvalue weighted by molar-refractivity contribution is 0.103. The molecule has 0 aliphatic heterocycles. The number of thiophene rings is 1. The molecule has 0 aliphatic carbocycles. The number of thiazole rings is 1. The summed E-state index contributed by atoms with van der Waals surface area (Å²) in [5, 5.41) is 4.82. The van der Waals surface area contributed by atoms with Crippen molar-refractivity contribution in [3.05, 3.63) is 62.5 Å². The van der Waals surface area contributed by atoms with Crippen LogP contribution < -0.4 is 5.32 Å². The van der Waals surface area contributed by atoms with E-state index in [9.17, 15) is 9.18 Å². The molecule has 0 saturated heterocycles. The number of imidazole rings is 1. The Balaban J connectivity index is 1.78. The van der Waals surface area contributed by atoms with E-state index < -0.39 is 0 Å². The fourth-order valence-corrected chi connectivity index (χ4v) is 4.32. The van der Waals surface area contributed by atoms with Crippen molar-refractivity contribution in [2.45, 2.75) is 0 Å². The molecule has 1 aromatic carbocycles. The summed E-state index contributed by atoms with van der Waals surface area (Å²) in [6.45, 7) is 0. The molecule has 120 valence electrons. The smallest absolute Gasteiger partial charge is 0.266 e. The van der Waals surface area contributed by atoms with Gasteiger partial charge < -0.3 is 5.32 Å². The molecule has 0 bridgehead atoms. The zero-order valence-electron chi connectivity index (χ0n) is 12.0.